The lowest BCUT2D eigenvalue weighted by Crippen LogP contribution is -2.10. The summed E-state index contributed by atoms with van der Waals surface area (Å²) in [5.74, 6) is -0.154. The molecule has 2 N–H and O–H groups in total. The molecular formula is C15H20N2O5. The first-order valence-corrected chi connectivity index (χ1v) is 7.16. The molecule has 1 aromatic rings. The molecule has 1 saturated carbocycles. The second-order valence-corrected chi connectivity index (χ2v) is 5.20. The Balaban J connectivity index is 0.000000224. The third-order valence-corrected chi connectivity index (χ3v) is 3.48. The number of non-ortho nitro benzene ring substituents is 1. The van der Waals surface area contributed by atoms with Crippen LogP contribution in [0.1, 0.15) is 44.1 Å². The monoisotopic (exact) mass is 308 g/mol. The van der Waals surface area contributed by atoms with Gasteiger partial charge in [0.1, 0.15) is 0 Å². The third kappa shape index (κ3) is 6.83. The van der Waals surface area contributed by atoms with Crippen LogP contribution in [0.2, 0.25) is 0 Å². The van der Waals surface area contributed by atoms with Crippen molar-refractivity contribution in [1.82, 2.24) is 0 Å². The van der Waals surface area contributed by atoms with Crippen LogP contribution in [0.4, 0.5) is 5.69 Å². The van der Waals surface area contributed by atoms with E-state index in [2.05, 4.69) is 5.16 Å². The maximum atomic E-state index is 10.3. The first-order valence-electron chi connectivity index (χ1n) is 7.16. The van der Waals surface area contributed by atoms with Gasteiger partial charge >= 0.3 is 5.97 Å². The topological polar surface area (TPSA) is 113 Å². The molecule has 0 unspecified atom stereocenters. The molecule has 120 valence electrons. The number of carboxylic acids is 1. The third-order valence-electron chi connectivity index (χ3n) is 3.48. The summed E-state index contributed by atoms with van der Waals surface area (Å²) in [6, 6.07) is 5.82. The summed E-state index contributed by atoms with van der Waals surface area (Å²) in [7, 11) is 0. The smallest absolute Gasteiger partial charge is 0.303 e. The average Bonchev–Trinajstić information content (AvgIpc) is 2.49. The number of hydrogen-bond donors (Lipinski definition) is 2. The van der Waals surface area contributed by atoms with Crippen LogP contribution in [0.3, 0.4) is 0 Å². The van der Waals surface area contributed by atoms with Gasteiger partial charge in [-0.05, 0) is 18.8 Å². The number of rotatable bonds is 4. The van der Waals surface area contributed by atoms with Crippen molar-refractivity contribution in [3.8, 4) is 0 Å². The van der Waals surface area contributed by atoms with Crippen molar-refractivity contribution < 1.29 is 20.0 Å². The lowest BCUT2D eigenvalue weighted by molar-refractivity contribution is -0.384. The van der Waals surface area contributed by atoms with E-state index in [1.165, 1.54) is 37.5 Å². The van der Waals surface area contributed by atoms with E-state index in [0.29, 0.717) is 17.9 Å². The Morgan fingerprint density at radius 1 is 1.36 bits per heavy atom. The standard InChI is InChI=1S/C8H14O2.C7H6N2O3/c9-8(10)6-7-4-2-1-3-5-7;10-8-5-6-2-1-3-7(4-6)9(11)12/h7H,1-6H2,(H,9,10);1-5,10H. The highest BCUT2D eigenvalue weighted by Crippen LogP contribution is 2.25. The summed E-state index contributed by atoms with van der Waals surface area (Å²) in [6.45, 7) is 0. The molecule has 1 fully saturated rings. The zero-order valence-corrected chi connectivity index (χ0v) is 12.2. The highest BCUT2D eigenvalue weighted by Gasteiger charge is 2.15. The van der Waals surface area contributed by atoms with Gasteiger partial charge in [-0.25, -0.2) is 0 Å². The minimum atomic E-state index is -0.632. The largest absolute Gasteiger partial charge is 0.481 e. The van der Waals surface area contributed by atoms with Crippen molar-refractivity contribution in [3.63, 3.8) is 0 Å². The number of nitrogens with zero attached hydrogens (tertiary/aromatic N) is 2. The SMILES string of the molecule is O=C(O)CC1CCCCC1.O=[N+]([O-])c1cccc(C=NO)c1. The van der Waals surface area contributed by atoms with E-state index in [9.17, 15) is 14.9 Å². The molecule has 0 spiro atoms. The Labute approximate surface area is 128 Å². The fourth-order valence-corrected chi connectivity index (χ4v) is 2.42. The Kier molecular flexibility index (Phi) is 7.60. The van der Waals surface area contributed by atoms with Crippen molar-refractivity contribution >= 4 is 17.9 Å². The number of hydrogen-bond acceptors (Lipinski definition) is 5. The Morgan fingerprint density at radius 2 is 2.05 bits per heavy atom. The van der Waals surface area contributed by atoms with Crippen LogP contribution >= 0.6 is 0 Å². The minimum Gasteiger partial charge on any atom is -0.481 e. The van der Waals surface area contributed by atoms with Gasteiger partial charge in [0, 0.05) is 24.1 Å². The second-order valence-electron chi connectivity index (χ2n) is 5.20. The summed E-state index contributed by atoms with van der Waals surface area (Å²) in [5, 5.41) is 29.6. The van der Waals surface area contributed by atoms with Crippen LogP contribution < -0.4 is 0 Å². The van der Waals surface area contributed by atoms with E-state index in [4.69, 9.17) is 10.3 Å². The van der Waals surface area contributed by atoms with Gasteiger partial charge in [-0.15, -0.1) is 0 Å². The van der Waals surface area contributed by atoms with Gasteiger partial charge in [-0.3, -0.25) is 14.9 Å². The van der Waals surface area contributed by atoms with Crippen LogP contribution in [0, 0.1) is 16.0 Å². The van der Waals surface area contributed by atoms with Crippen molar-refractivity contribution in [2.75, 3.05) is 0 Å². The van der Waals surface area contributed by atoms with Gasteiger partial charge in [0.15, 0.2) is 0 Å². The van der Waals surface area contributed by atoms with Crippen molar-refractivity contribution in [2.45, 2.75) is 38.5 Å². The molecule has 7 nitrogen and oxygen atoms in total. The second kappa shape index (κ2) is 9.49. The van der Waals surface area contributed by atoms with Crippen LogP contribution in [-0.2, 0) is 4.79 Å². The predicted octanol–water partition coefficient (Wildman–Crippen LogP) is 3.44. The maximum Gasteiger partial charge on any atom is 0.303 e. The van der Waals surface area contributed by atoms with Gasteiger partial charge in [0.2, 0.25) is 0 Å². The first-order chi connectivity index (χ1) is 10.5. The highest BCUT2D eigenvalue weighted by molar-refractivity contribution is 5.80. The van der Waals surface area contributed by atoms with Crippen LogP contribution in [0.25, 0.3) is 0 Å². The van der Waals surface area contributed by atoms with Gasteiger partial charge in [-0.1, -0.05) is 36.6 Å². The van der Waals surface area contributed by atoms with E-state index < -0.39 is 10.9 Å². The Hall–Kier alpha value is -2.44. The van der Waals surface area contributed by atoms with Crippen molar-refractivity contribution in [2.24, 2.45) is 11.1 Å². The molecule has 0 bridgehead atoms. The molecule has 0 heterocycles. The number of nitro groups is 1. The van der Waals surface area contributed by atoms with Crippen LogP contribution in [0.5, 0.6) is 0 Å². The molecule has 0 atom stereocenters. The fourth-order valence-electron chi connectivity index (χ4n) is 2.42. The predicted molar refractivity (Wildman–Crippen MR) is 81.3 cm³/mol. The molecule has 1 aliphatic carbocycles. The number of benzene rings is 1. The van der Waals surface area contributed by atoms with E-state index >= 15 is 0 Å². The molecule has 0 radical (unpaired) electrons. The van der Waals surface area contributed by atoms with E-state index in [1.807, 2.05) is 0 Å². The maximum absolute atomic E-state index is 10.3. The number of carboxylic acid groups (broad SMARTS) is 1. The fraction of sp³-hybridized carbons (Fsp3) is 0.467. The number of nitro benzene ring substituents is 1. The quantitative estimate of drug-likeness (QED) is 0.383. The summed E-state index contributed by atoms with van der Waals surface area (Å²) in [6.07, 6.45) is 7.55. The van der Waals surface area contributed by atoms with Gasteiger partial charge < -0.3 is 10.3 Å². The normalized spacial score (nSPS) is 15.1. The molecule has 2 rings (SSSR count). The van der Waals surface area contributed by atoms with E-state index in [1.54, 1.807) is 6.07 Å². The van der Waals surface area contributed by atoms with Crippen molar-refractivity contribution in [3.05, 3.63) is 39.9 Å². The summed E-state index contributed by atoms with van der Waals surface area (Å²) in [5.41, 5.74) is 0.471. The molecule has 1 aromatic carbocycles. The number of aliphatic carboxylic acids is 1. The number of oxime groups is 1. The van der Waals surface area contributed by atoms with Gasteiger partial charge in [0.05, 0.1) is 11.1 Å². The molecule has 7 heteroatoms. The summed E-state index contributed by atoms with van der Waals surface area (Å²) in [4.78, 5) is 20.0. The molecule has 1 aliphatic rings. The molecule has 0 saturated heterocycles. The summed E-state index contributed by atoms with van der Waals surface area (Å²) < 4.78 is 0. The molecule has 0 amide bonds. The first kappa shape index (κ1) is 17.6. The Morgan fingerprint density at radius 3 is 2.59 bits per heavy atom. The van der Waals surface area contributed by atoms with Crippen LogP contribution in [-0.4, -0.2) is 27.4 Å². The zero-order chi connectivity index (χ0) is 16.4. The number of carbonyl (C=O) groups is 1. The molecule has 0 aromatic heterocycles. The van der Waals surface area contributed by atoms with Crippen molar-refractivity contribution in [1.29, 1.82) is 0 Å². The zero-order valence-electron chi connectivity index (χ0n) is 12.2. The van der Waals surface area contributed by atoms with Crippen LogP contribution in [0.15, 0.2) is 29.4 Å². The summed E-state index contributed by atoms with van der Waals surface area (Å²) >= 11 is 0. The van der Waals surface area contributed by atoms with E-state index in [-0.39, 0.29) is 5.69 Å². The molecule has 22 heavy (non-hydrogen) atoms. The molecular weight excluding hydrogens is 288 g/mol. The Bertz CT molecular complexity index is 524. The van der Waals surface area contributed by atoms with Gasteiger partial charge in [0.25, 0.3) is 5.69 Å². The minimum absolute atomic E-state index is 0.0209. The van der Waals surface area contributed by atoms with E-state index in [0.717, 1.165) is 19.1 Å². The molecule has 0 aliphatic heterocycles. The average molecular weight is 308 g/mol. The van der Waals surface area contributed by atoms with Gasteiger partial charge in [-0.2, -0.15) is 0 Å². The lowest BCUT2D eigenvalue weighted by atomic mass is 9.87. The lowest BCUT2D eigenvalue weighted by Gasteiger charge is -2.18. The highest BCUT2D eigenvalue weighted by atomic mass is 16.6.